The molecule has 0 bridgehead atoms. The molecular formula is C47H30N4. The van der Waals surface area contributed by atoms with Crippen molar-refractivity contribution < 1.29 is 0 Å². The first-order valence-electron chi connectivity index (χ1n) is 17.2. The Morgan fingerprint density at radius 1 is 0.353 bits per heavy atom. The van der Waals surface area contributed by atoms with Gasteiger partial charge in [-0.25, -0.2) is 0 Å². The molecule has 2 heterocycles. The lowest BCUT2D eigenvalue weighted by molar-refractivity contribution is 0.766. The quantitative estimate of drug-likeness (QED) is 0.174. The van der Waals surface area contributed by atoms with Gasteiger partial charge in [0.2, 0.25) is 0 Å². The Labute approximate surface area is 294 Å². The van der Waals surface area contributed by atoms with Crippen LogP contribution in [-0.4, -0.2) is 20.0 Å². The van der Waals surface area contributed by atoms with E-state index in [1.54, 1.807) is 4.80 Å². The van der Waals surface area contributed by atoms with Crippen LogP contribution in [0.3, 0.4) is 0 Å². The molecule has 238 valence electrons. The maximum absolute atomic E-state index is 4.95. The zero-order chi connectivity index (χ0) is 33.7. The second-order valence-corrected chi connectivity index (χ2v) is 12.9. The van der Waals surface area contributed by atoms with Crippen molar-refractivity contribution in [2.75, 3.05) is 0 Å². The molecule has 0 amide bonds. The molecule has 0 saturated carbocycles. The second kappa shape index (κ2) is 11.9. The minimum absolute atomic E-state index is 0.853. The van der Waals surface area contributed by atoms with E-state index in [0.29, 0.717) is 0 Å². The van der Waals surface area contributed by atoms with Crippen LogP contribution in [0.15, 0.2) is 182 Å². The maximum Gasteiger partial charge on any atom is 0.114 e. The summed E-state index contributed by atoms with van der Waals surface area (Å²) in [5.41, 5.74) is 12.1. The van der Waals surface area contributed by atoms with Crippen molar-refractivity contribution in [1.82, 2.24) is 20.0 Å². The average molecular weight is 651 g/mol. The Morgan fingerprint density at radius 3 is 1.59 bits per heavy atom. The molecule has 0 unspecified atom stereocenters. The molecule has 51 heavy (non-hydrogen) atoms. The predicted molar refractivity (Wildman–Crippen MR) is 211 cm³/mol. The van der Waals surface area contributed by atoms with Crippen molar-refractivity contribution in [3.8, 4) is 50.2 Å². The first-order valence-corrected chi connectivity index (χ1v) is 17.2. The molecule has 10 aromatic rings. The first-order chi connectivity index (χ1) is 25.3. The average Bonchev–Trinajstić information content (AvgIpc) is 3.64. The minimum Gasteiger partial charge on any atom is -0.265 e. The number of benzene rings is 8. The summed E-state index contributed by atoms with van der Waals surface area (Å²) in [6, 6.07) is 60.6. The van der Waals surface area contributed by atoms with Gasteiger partial charge in [0, 0.05) is 12.4 Å². The van der Waals surface area contributed by atoms with Gasteiger partial charge in [-0.2, -0.15) is 4.80 Å². The van der Waals surface area contributed by atoms with Crippen molar-refractivity contribution in [1.29, 1.82) is 0 Å². The van der Waals surface area contributed by atoms with Gasteiger partial charge in [-0.1, -0.05) is 127 Å². The fourth-order valence-corrected chi connectivity index (χ4v) is 7.59. The summed E-state index contributed by atoms with van der Waals surface area (Å²) in [7, 11) is 0. The molecule has 0 N–H and O–H groups in total. The van der Waals surface area contributed by atoms with Crippen LogP contribution >= 0.6 is 0 Å². The molecule has 0 atom stereocenters. The van der Waals surface area contributed by atoms with E-state index < -0.39 is 0 Å². The lowest BCUT2D eigenvalue weighted by atomic mass is 9.85. The van der Waals surface area contributed by atoms with E-state index in [0.717, 1.165) is 33.4 Å². The lowest BCUT2D eigenvalue weighted by Gasteiger charge is -2.18. The van der Waals surface area contributed by atoms with E-state index in [4.69, 9.17) is 10.2 Å². The van der Waals surface area contributed by atoms with E-state index in [-0.39, 0.29) is 0 Å². The Bertz CT molecular complexity index is 2840. The van der Waals surface area contributed by atoms with Crippen molar-refractivity contribution in [3.63, 3.8) is 0 Å². The molecule has 0 aliphatic carbocycles. The zero-order valence-electron chi connectivity index (χ0n) is 27.6. The number of fused-ring (bicyclic) bond motifs is 4. The smallest absolute Gasteiger partial charge is 0.114 e. The molecule has 0 spiro atoms. The van der Waals surface area contributed by atoms with Gasteiger partial charge in [0.1, 0.15) is 11.0 Å². The standard InChI is InChI=1S/C47H30N4/c1-2-13-38-33(9-1)10-8-18-39(38)34-11-7-12-35(29-34)46-40-14-3-5-16-42(40)47(43-17-6-4-15-41(43)46)36-21-24-44-45(30-36)50-51(49-44)37-22-19-31(20-23-37)32-25-27-48-28-26-32/h1-30H. The van der Waals surface area contributed by atoms with Crippen molar-refractivity contribution in [2.45, 2.75) is 0 Å². The molecule has 2 aromatic heterocycles. The monoisotopic (exact) mass is 650 g/mol. The number of pyridine rings is 1. The molecule has 0 fully saturated rings. The Morgan fingerprint density at radius 2 is 0.882 bits per heavy atom. The molecule has 0 aliphatic rings. The first kappa shape index (κ1) is 29.0. The van der Waals surface area contributed by atoms with E-state index in [2.05, 4.69) is 163 Å². The Kier molecular flexibility index (Phi) is 6.78. The molecule has 8 aromatic carbocycles. The van der Waals surface area contributed by atoms with Crippen LogP contribution in [0.25, 0.3) is 93.5 Å². The predicted octanol–water partition coefficient (Wildman–Crippen LogP) is 11.9. The molecular weight excluding hydrogens is 621 g/mol. The van der Waals surface area contributed by atoms with Gasteiger partial charge in [0.15, 0.2) is 0 Å². The maximum atomic E-state index is 4.95. The van der Waals surface area contributed by atoms with Crippen molar-refractivity contribution in [3.05, 3.63) is 182 Å². The number of rotatable bonds is 5. The summed E-state index contributed by atoms with van der Waals surface area (Å²) < 4.78 is 0. The molecule has 0 aliphatic heterocycles. The minimum atomic E-state index is 0.853. The van der Waals surface area contributed by atoms with Crippen molar-refractivity contribution >= 4 is 43.4 Å². The van der Waals surface area contributed by atoms with E-state index >= 15 is 0 Å². The van der Waals surface area contributed by atoms with Gasteiger partial charge < -0.3 is 0 Å². The van der Waals surface area contributed by atoms with Gasteiger partial charge in [-0.05, 0) is 119 Å². The number of hydrogen-bond donors (Lipinski definition) is 0. The number of hydrogen-bond acceptors (Lipinski definition) is 3. The van der Waals surface area contributed by atoms with Crippen molar-refractivity contribution in [2.24, 2.45) is 0 Å². The third-order valence-corrected chi connectivity index (χ3v) is 9.96. The molecule has 4 heteroatoms. The van der Waals surface area contributed by atoms with Gasteiger partial charge >= 0.3 is 0 Å². The van der Waals surface area contributed by atoms with Crippen LogP contribution in [0.5, 0.6) is 0 Å². The summed E-state index contributed by atoms with van der Waals surface area (Å²) in [4.78, 5) is 5.87. The number of nitrogens with zero attached hydrogens (tertiary/aromatic N) is 4. The summed E-state index contributed by atoms with van der Waals surface area (Å²) in [5, 5.41) is 17.2. The normalized spacial score (nSPS) is 11.5. The van der Waals surface area contributed by atoms with Crippen LogP contribution in [-0.2, 0) is 0 Å². The SMILES string of the molecule is c1cc(-c2cccc3ccccc23)cc(-c2c3ccccc3c(-c3ccc4nn(-c5ccc(-c6ccncc6)cc5)nc4c3)c3ccccc23)c1. The van der Waals surface area contributed by atoms with Crippen LogP contribution in [0.4, 0.5) is 0 Å². The van der Waals surface area contributed by atoms with Crippen LogP contribution in [0.1, 0.15) is 0 Å². The van der Waals surface area contributed by atoms with Gasteiger partial charge in [-0.15, -0.1) is 10.2 Å². The van der Waals surface area contributed by atoms with Crippen LogP contribution < -0.4 is 0 Å². The summed E-state index contributed by atoms with van der Waals surface area (Å²) >= 11 is 0. The van der Waals surface area contributed by atoms with E-state index in [9.17, 15) is 0 Å². The molecule has 4 nitrogen and oxygen atoms in total. The summed E-state index contributed by atoms with van der Waals surface area (Å²) in [6.45, 7) is 0. The number of aromatic nitrogens is 4. The summed E-state index contributed by atoms with van der Waals surface area (Å²) in [6.07, 6.45) is 3.63. The third-order valence-electron chi connectivity index (χ3n) is 9.96. The second-order valence-electron chi connectivity index (χ2n) is 12.9. The topological polar surface area (TPSA) is 43.6 Å². The fraction of sp³-hybridized carbons (Fsp3) is 0. The Hall–Kier alpha value is -6.91. The van der Waals surface area contributed by atoms with Crippen LogP contribution in [0.2, 0.25) is 0 Å². The van der Waals surface area contributed by atoms with E-state index in [1.807, 2.05) is 24.5 Å². The molecule has 10 rings (SSSR count). The van der Waals surface area contributed by atoms with Gasteiger partial charge in [-0.3, -0.25) is 4.98 Å². The molecule has 0 radical (unpaired) electrons. The highest BCUT2D eigenvalue weighted by Crippen LogP contribution is 2.44. The third kappa shape index (κ3) is 4.96. The highest BCUT2D eigenvalue weighted by molar-refractivity contribution is 6.21. The van der Waals surface area contributed by atoms with Gasteiger partial charge in [0.05, 0.1) is 5.69 Å². The summed E-state index contributed by atoms with van der Waals surface area (Å²) in [5.74, 6) is 0. The van der Waals surface area contributed by atoms with E-state index in [1.165, 1.54) is 60.1 Å². The highest BCUT2D eigenvalue weighted by Gasteiger charge is 2.18. The Balaban J connectivity index is 1.11. The zero-order valence-corrected chi connectivity index (χ0v) is 27.6. The lowest BCUT2D eigenvalue weighted by Crippen LogP contribution is -1.97. The van der Waals surface area contributed by atoms with Crippen LogP contribution in [0, 0.1) is 0 Å². The highest BCUT2D eigenvalue weighted by atomic mass is 15.5. The van der Waals surface area contributed by atoms with Gasteiger partial charge in [0.25, 0.3) is 0 Å². The largest absolute Gasteiger partial charge is 0.265 e. The fourth-order valence-electron chi connectivity index (χ4n) is 7.59. The molecule has 0 saturated heterocycles.